The van der Waals surface area contributed by atoms with Gasteiger partial charge in [0.15, 0.2) is 0 Å². The molecule has 3 amide bonds. The monoisotopic (exact) mass is 345 g/mol. The number of H-pyrrole nitrogens is 1. The molecule has 7 heteroatoms. The molecule has 0 bridgehead atoms. The van der Waals surface area contributed by atoms with Crippen molar-refractivity contribution < 1.29 is 9.59 Å². The highest BCUT2D eigenvalue weighted by Gasteiger charge is 2.33. The Labute approximate surface area is 148 Å². The lowest BCUT2D eigenvalue weighted by Crippen LogP contribution is -2.51. The normalized spacial score (nSPS) is 24.2. The summed E-state index contributed by atoms with van der Waals surface area (Å²) in [4.78, 5) is 29.2. The average molecular weight is 345 g/mol. The van der Waals surface area contributed by atoms with Crippen LogP contribution in [0, 0.1) is 5.92 Å². The molecule has 1 atom stereocenters. The molecule has 1 aromatic heterocycles. The molecule has 2 fully saturated rings. The van der Waals surface area contributed by atoms with Gasteiger partial charge < -0.3 is 15.1 Å². The molecule has 0 radical (unpaired) electrons. The summed E-state index contributed by atoms with van der Waals surface area (Å²) in [5, 5.41) is 10.2. The quantitative estimate of drug-likeness (QED) is 0.855. The first kappa shape index (κ1) is 16.4. The Morgan fingerprint density at radius 3 is 2.80 bits per heavy atom. The molecule has 1 saturated carbocycles. The van der Waals surface area contributed by atoms with Gasteiger partial charge >= 0.3 is 6.03 Å². The van der Waals surface area contributed by atoms with Crippen LogP contribution in [0.3, 0.4) is 0 Å². The number of nitrogens with zero attached hydrogens (tertiary/aromatic N) is 3. The second kappa shape index (κ2) is 7.06. The maximum Gasteiger partial charge on any atom is 0.317 e. The van der Waals surface area contributed by atoms with E-state index in [1.165, 1.54) is 12.8 Å². The van der Waals surface area contributed by atoms with Crippen LogP contribution in [0.25, 0.3) is 0 Å². The van der Waals surface area contributed by atoms with E-state index in [4.69, 9.17) is 0 Å². The van der Waals surface area contributed by atoms with Crippen LogP contribution in [0.1, 0.15) is 49.8 Å². The minimum Gasteiger partial charge on any atom is -0.338 e. The summed E-state index contributed by atoms with van der Waals surface area (Å²) in [7, 11) is 0. The zero-order chi connectivity index (χ0) is 17.2. The van der Waals surface area contributed by atoms with Gasteiger partial charge in [0.1, 0.15) is 0 Å². The van der Waals surface area contributed by atoms with Crippen LogP contribution in [0.4, 0.5) is 4.79 Å². The van der Waals surface area contributed by atoms with E-state index in [9.17, 15) is 9.59 Å². The molecule has 0 spiro atoms. The molecule has 3 aliphatic rings. The molecule has 2 N–H and O–H groups in total. The van der Waals surface area contributed by atoms with Crippen molar-refractivity contribution in [2.24, 2.45) is 5.92 Å². The summed E-state index contributed by atoms with van der Waals surface area (Å²) in [6.07, 6.45) is 9.01. The Hall–Kier alpha value is -2.05. The van der Waals surface area contributed by atoms with E-state index in [0.717, 1.165) is 56.5 Å². The lowest BCUT2D eigenvalue weighted by molar-refractivity contribution is -0.137. The summed E-state index contributed by atoms with van der Waals surface area (Å²) in [5.41, 5.74) is 2.26. The van der Waals surface area contributed by atoms with Gasteiger partial charge in [-0.1, -0.05) is 12.8 Å². The van der Waals surface area contributed by atoms with Crippen molar-refractivity contribution in [1.82, 2.24) is 25.3 Å². The average Bonchev–Trinajstić information content (AvgIpc) is 3.32. The molecule has 0 unspecified atom stereocenters. The van der Waals surface area contributed by atoms with Crippen LogP contribution in [0.5, 0.6) is 0 Å². The van der Waals surface area contributed by atoms with Crippen LogP contribution in [-0.2, 0) is 17.8 Å². The number of fused-ring (bicyclic) bond motifs is 1. The summed E-state index contributed by atoms with van der Waals surface area (Å²) in [6.45, 7) is 2.68. The maximum atomic E-state index is 12.9. The molecule has 1 aromatic rings. The highest BCUT2D eigenvalue weighted by atomic mass is 16.2. The van der Waals surface area contributed by atoms with Crippen molar-refractivity contribution in [1.29, 1.82) is 0 Å². The van der Waals surface area contributed by atoms with E-state index in [0.29, 0.717) is 19.1 Å². The molecule has 0 aromatic carbocycles. The summed E-state index contributed by atoms with van der Waals surface area (Å²) in [6, 6.07) is 0.338. The minimum absolute atomic E-state index is 0.0140. The largest absolute Gasteiger partial charge is 0.338 e. The topological polar surface area (TPSA) is 81.3 Å². The standard InChI is InChI=1S/C18H27N5O2/c24-17(22-9-7-16-14(12-22)10-19-21-16)13-4-3-8-23(11-13)18(25)20-15-5-1-2-6-15/h10,13,15H,1-9,11-12H2,(H,19,21)(H,20,25)/t13-/m0/s1. The first-order chi connectivity index (χ1) is 12.2. The first-order valence-corrected chi connectivity index (χ1v) is 9.56. The van der Waals surface area contributed by atoms with Crippen molar-refractivity contribution in [3.63, 3.8) is 0 Å². The molecule has 7 nitrogen and oxygen atoms in total. The molecule has 136 valence electrons. The molecule has 3 heterocycles. The highest BCUT2D eigenvalue weighted by Crippen LogP contribution is 2.24. The first-order valence-electron chi connectivity index (χ1n) is 9.56. The van der Waals surface area contributed by atoms with Gasteiger partial charge in [-0.3, -0.25) is 9.89 Å². The van der Waals surface area contributed by atoms with Gasteiger partial charge in [0.25, 0.3) is 0 Å². The number of urea groups is 1. The molecule has 4 rings (SSSR count). The van der Waals surface area contributed by atoms with Gasteiger partial charge in [-0.25, -0.2) is 4.79 Å². The number of hydrogen-bond donors (Lipinski definition) is 2. The number of amides is 3. The van der Waals surface area contributed by atoms with Crippen LogP contribution >= 0.6 is 0 Å². The van der Waals surface area contributed by atoms with Gasteiger partial charge in [0.05, 0.1) is 12.1 Å². The Morgan fingerprint density at radius 1 is 1.12 bits per heavy atom. The second-order valence-electron chi connectivity index (χ2n) is 7.60. The Bertz CT molecular complexity index is 637. The molecule has 25 heavy (non-hydrogen) atoms. The number of carbonyl (C=O) groups is 2. The molecular formula is C18H27N5O2. The summed E-state index contributed by atoms with van der Waals surface area (Å²) < 4.78 is 0. The van der Waals surface area contributed by atoms with Gasteiger partial charge in [0, 0.05) is 49.9 Å². The number of piperidine rings is 1. The molecule has 1 aliphatic carbocycles. The summed E-state index contributed by atoms with van der Waals surface area (Å²) >= 11 is 0. The minimum atomic E-state index is -0.0727. The Kier molecular flexibility index (Phi) is 4.63. The third kappa shape index (κ3) is 3.50. The number of rotatable bonds is 2. The summed E-state index contributed by atoms with van der Waals surface area (Å²) in [5.74, 6) is 0.113. The van der Waals surface area contributed by atoms with Crippen molar-refractivity contribution in [2.75, 3.05) is 19.6 Å². The molecule has 1 saturated heterocycles. The number of hydrogen-bond acceptors (Lipinski definition) is 3. The van der Waals surface area contributed by atoms with Crippen LogP contribution in [0.2, 0.25) is 0 Å². The van der Waals surface area contributed by atoms with Gasteiger partial charge in [0.2, 0.25) is 5.91 Å². The molecular weight excluding hydrogens is 318 g/mol. The third-order valence-corrected chi connectivity index (χ3v) is 5.85. The number of nitrogens with one attached hydrogen (secondary N) is 2. The fourth-order valence-electron chi connectivity index (χ4n) is 4.37. The number of carbonyl (C=O) groups excluding carboxylic acids is 2. The van der Waals surface area contributed by atoms with Crippen LogP contribution < -0.4 is 5.32 Å². The fraction of sp³-hybridized carbons (Fsp3) is 0.722. The number of likely N-dealkylation sites (tertiary alicyclic amines) is 1. The van der Waals surface area contributed by atoms with Crippen molar-refractivity contribution >= 4 is 11.9 Å². The van der Waals surface area contributed by atoms with Gasteiger partial charge in [-0.15, -0.1) is 0 Å². The highest BCUT2D eigenvalue weighted by molar-refractivity contribution is 5.81. The van der Waals surface area contributed by atoms with E-state index < -0.39 is 0 Å². The van der Waals surface area contributed by atoms with E-state index in [-0.39, 0.29) is 17.9 Å². The van der Waals surface area contributed by atoms with Gasteiger partial charge in [-0.2, -0.15) is 5.10 Å². The van der Waals surface area contributed by atoms with E-state index in [1.54, 1.807) is 0 Å². The second-order valence-corrected chi connectivity index (χ2v) is 7.60. The van der Waals surface area contributed by atoms with Crippen LogP contribution in [0.15, 0.2) is 6.20 Å². The smallest absolute Gasteiger partial charge is 0.317 e. The lowest BCUT2D eigenvalue weighted by Gasteiger charge is -2.36. The zero-order valence-corrected chi connectivity index (χ0v) is 14.7. The number of aromatic amines is 1. The van der Waals surface area contributed by atoms with Crippen molar-refractivity contribution in [3.05, 3.63) is 17.5 Å². The SMILES string of the molecule is O=C(NC1CCCC1)N1CCC[C@H](C(=O)N2CCc3[nH]ncc3C2)C1. The fourth-order valence-corrected chi connectivity index (χ4v) is 4.37. The van der Waals surface area contributed by atoms with Crippen molar-refractivity contribution in [3.8, 4) is 0 Å². The predicted molar refractivity (Wildman–Crippen MR) is 92.8 cm³/mol. The maximum absolute atomic E-state index is 12.9. The van der Waals surface area contributed by atoms with E-state index in [2.05, 4.69) is 15.5 Å². The molecule has 2 aliphatic heterocycles. The van der Waals surface area contributed by atoms with Crippen LogP contribution in [-0.4, -0.2) is 57.6 Å². The van der Waals surface area contributed by atoms with E-state index >= 15 is 0 Å². The van der Waals surface area contributed by atoms with Crippen molar-refractivity contribution in [2.45, 2.75) is 57.5 Å². The number of aromatic nitrogens is 2. The van der Waals surface area contributed by atoms with Gasteiger partial charge in [-0.05, 0) is 25.7 Å². The predicted octanol–water partition coefficient (Wildman–Crippen LogP) is 1.66. The Morgan fingerprint density at radius 2 is 1.96 bits per heavy atom. The Balaban J connectivity index is 1.34. The third-order valence-electron chi connectivity index (χ3n) is 5.85. The van der Waals surface area contributed by atoms with E-state index in [1.807, 2.05) is 16.0 Å². The zero-order valence-electron chi connectivity index (χ0n) is 14.7. The lowest BCUT2D eigenvalue weighted by atomic mass is 9.95.